The third-order valence-corrected chi connectivity index (χ3v) is 9.02. The zero-order valence-electron chi connectivity index (χ0n) is 15.6. The van der Waals surface area contributed by atoms with E-state index in [9.17, 15) is 5.26 Å². The molecule has 4 rings (SSSR count). The van der Waals surface area contributed by atoms with Crippen molar-refractivity contribution in [2.45, 2.75) is 0 Å². The molecule has 0 radical (unpaired) electrons. The van der Waals surface area contributed by atoms with E-state index in [4.69, 9.17) is 4.74 Å². The Hall–Kier alpha value is -2.92. The second-order valence-corrected chi connectivity index (χ2v) is 10.4. The van der Waals surface area contributed by atoms with Gasteiger partial charge in [0.25, 0.3) is 0 Å². The van der Waals surface area contributed by atoms with Crippen LogP contribution in [0.5, 0.6) is 0 Å². The van der Waals surface area contributed by atoms with Gasteiger partial charge in [0, 0.05) is 20.4 Å². The second kappa shape index (κ2) is 8.62. The number of halogens is 1. The van der Waals surface area contributed by atoms with Gasteiger partial charge in [0.1, 0.15) is 6.07 Å². The molecule has 0 amide bonds. The molecule has 0 fully saturated rings. The van der Waals surface area contributed by atoms with E-state index in [1.54, 1.807) is 0 Å². The average Bonchev–Trinajstić information content (AvgIpc) is 2.80. The Kier molecular flexibility index (Phi) is 5.76. The number of hydrogen-bond acceptors (Lipinski definition) is 2. The Labute approximate surface area is 179 Å². The summed E-state index contributed by atoms with van der Waals surface area (Å²) in [6, 6.07) is 39.1. The summed E-state index contributed by atoms with van der Waals surface area (Å²) in [5.41, 5.74) is 1.26. The van der Waals surface area contributed by atoms with Crippen LogP contribution in [-0.2, 0) is 0 Å². The monoisotopic (exact) mass is 456 g/mol. The summed E-state index contributed by atoms with van der Waals surface area (Å²) in [6.07, 6.45) is 0. The van der Waals surface area contributed by atoms with Crippen LogP contribution in [0.3, 0.4) is 0 Å². The molecule has 0 spiro atoms. The fourth-order valence-corrected chi connectivity index (χ4v) is 7.57. The Balaban J connectivity index is 2.20. The van der Waals surface area contributed by atoms with Crippen molar-refractivity contribution in [3.8, 4) is 6.07 Å². The molecule has 2 nitrogen and oxygen atoms in total. The first-order valence-electron chi connectivity index (χ1n) is 9.23. The Bertz CT molecular complexity index is 1110. The first kappa shape index (κ1) is 19.4. The minimum absolute atomic E-state index is 0.562. The topological polar surface area (TPSA) is 36.1 Å². The van der Waals surface area contributed by atoms with E-state index in [1.807, 2.05) is 36.4 Å². The molecule has 0 aliphatic carbocycles. The van der Waals surface area contributed by atoms with Gasteiger partial charge >= 0.3 is 0 Å². The lowest BCUT2D eigenvalue weighted by atomic mass is 10.2. The molecule has 0 heterocycles. The highest BCUT2D eigenvalue weighted by Crippen LogP contribution is 2.51. The second-order valence-electron chi connectivity index (χ2n) is 6.49. The summed E-state index contributed by atoms with van der Waals surface area (Å²) in [5.74, 6) is 0. The highest BCUT2D eigenvalue weighted by molar-refractivity contribution is 9.10. The van der Waals surface area contributed by atoms with Crippen LogP contribution in [0.15, 0.2) is 118 Å². The van der Waals surface area contributed by atoms with Gasteiger partial charge in [-0.05, 0) is 28.1 Å². The number of rotatable bonds is 4. The van der Waals surface area contributed by atoms with E-state index < -0.39 is 7.05 Å². The van der Waals surface area contributed by atoms with E-state index >= 15 is 0 Å². The molecule has 0 unspecified atom stereocenters. The molecule has 140 valence electrons. The molecule has 0 saturated carbocycles. The molecule has 29 heavy (non-hydrogen) atoms. The molecule has 4 aromatic rings. The van der Waals surface area contributed by atoms with Crippen molar-refractivity contribution in [2.24, 2.45) is 4.74 Å². The van der Waals surface area contributed by atoms with Crippen LogP contribution in [0.2, 0.25) is 0 Å². The summed E-state index contributed by atoms with van der Waals surface area (Å²) in [6.45, 7) is 0. The minimum Gasteiger partial charge on any atom is -0.251 e. The average molecular weight is 457 g/mol. The normalized spacial score (nSPS) is 10.9. The Morgan fingerprint density at radius 3 is 1.48 bits per heavy atom. The van der Waals surface area contributed by atoms with E-state index in [2.05, 4.69) is 94.8 Å². The van der Waals surface area contributed by atoms with Crippen molar-refractivity contribution >= 4 is 44.6 Å². The van der Waals surface area contributed by atoms with E-state index in [0.717, 1.165) is 20.4 Å². The SMILES string of the molecule is N#Cc1cccc(Br)c1N=P(c1ccccc1)(c1ccccc1)c1ccccc1. The smallest absolute Gasteiger partial charge is 0.101 e. The van der Waals surface area contributed by atoms with Crippen LogP contribution < -0.4 is 15.9 Å². The molecule has 0 saturated heterocycles. The number of nitrogens with zero attached hydrogens (tertiary/aromatic N) is 2. The molecule has 0 atom stereocenters. The third kappa shape index (κ3) is 3.70. The summed E-state index contributed by atoms with van der Waals surface area (Å²) >= 11 is 3.63. The summed E-state index contributed by atoms with van der Waals surface area (Å²) in [7, 11) is -2.40. The molecule has 0 aromatic heterocycles. The van der Waals surface area contributed by atoms with Gasteiger partial charge in [0.05, 0.1) is 18.3 Å². The van der Waals surface area contributed by atoms with E-state index in [1.165, 1.54) is 0 Å². The molecule has 0 bridgehead atoms. The first-order valence-corrected chi connectivity index (χ1v) is 11.8. The van der Waals surface area contributed by atoms with E-state index in [-0.39, 0.29) is 0 Å². The van der Waals surface area contributed by atoms with Gasteiger partial charge in [-0.25, -0.2) is 0 Å². The third-order valence-electron chi connectivity index (χ3n) is 4.75. The molecule has 4 heteroatoms. The fourth-order valence-electron chi connectivity index (χ4n) is 3.41. The van der Waals surface area contributed by atoms with Gasteiger partial charge in [-0.3, -0.25) is 4.74 Å². The van der Waals surface area contributed by atoms with Gasteiger partial charge in [0.2, 0.25) is 0 Å². The quantitative estimate of drug-likeness (QED) is 0.340. The van der Waals surface area contributed by atoms with Gasteiger partial charge in [-0.15, -0.1) is 0 Å². The zero-order valence-corrected chi connectivity index (χ0v) is 18.1. The van der Waals surface area contributed by atoms with E-state index in [0.29, 0.717) is 11.3 Å². The fraction of sp³-hybridized carbons (Fsp3) is 0. The highest BCUT2D eigenvalue weighted by Gasteiger charge is 2.28. The largest absolute Gasteiger partial charge is 0.251 e. The predicted molar refractivity (Wildman–Crippen MR) is 126 cm³/mol. The van der Waals surface area contributed by atoms with Gasteiger partial charge in [-0.2, -0.15) is 5.26 Å². The van der Waals surface area contributed by atoms with Crippen LogP contribution in [-0.4, -0.2) is 0 Å². The van der Waals surface area contributed by atoms with Crippen LogP contribution in [0, 0.1) is 11.3 Å². The molecular weight excluding hydrogens is 439 g/mol. The van der Waals surface area contributed by atoms with Crippen LogP contribution >= 0.6 is 23.0 Å². The number of benzene rings is 4. The van der Waals surface area contributed by atoms with Crippen molar-refractivity contribution < 1.29 is 0 Å². The number of hydrogen-bond donors (Lipinski definition) is 0. The van der Waals surface area contributed by atoms with Crippen molar-refractivity contribution in [1.29, 1.82) is 5.26 Å². The molecular formula is C25H18BrN2P. The maximum atomic E-state index is 9.73. The summed E-state index contributed by atoms with van der Waals surface area (Å²) in [4.78, 5) is 0. The van der Waals surface area contributed by atoms with Crippen molar-refractivity contribution in [1.82, 2.24) is 0 Å². The first-order chi connectivity index (χ1) is 14.3. The Morgan fingerprint density at radius 2 is 1.07 bits per heavy atom. The van der Waals surface area contributed by atoms with Crippen molar-refractivity contribution in [3.63, 3.8) is 0 Å². The summed E-state index contributed by atoms with van der Waals surface area (Å²) in [5, 5.41) is 13.2. The lowest BCUT2D eigenvalue weighted by molar-refractivity contribution is 1.43. The van der Waals surface area contributed by atoms with Crippen molar-refractivity contribution in [3.05, 3.63) is 119 Å². The van der Waals surface area contributed by atoms with Gasteiger partial charge < -0.3 is 0 Å². The lowest BCUT2D eigenvalue weighted by Gasteiger charge is -2.27. The maximum absolute atomic E-state index is 9.73. The predicted octanol–water partition coefficient (Wildman–Crippen LogP) is 6.13. The lowest BCUT2D eigenvalue weighted by Crippen LogP contribution is -2.25. The standard InChI is InChI=1S/C25H18BrN2P/c26-24-18-10-11-20(19-27)25(24)28-29(21-12-4-1-5-13-21,22-14-6-2-7-15-22)23-16-8-3-9-17-23/h1-18H. The maximum Gasteiger partial charge on any atom is 0.101 e. The van der Waals surface area contributed by atoms with Crippen LogP contribution in [0.25, 0.3) is 0 Å². The summed E-state index contributed by atoms with van der Waals surface area (Å²) < 4.78 is 6.24. The molecule has 4 aromatic carbocycles. The molecule has 0 aliphatic rings. The highest BCUT2D eigenvalue weighted by atomic mass is 79.9. The van der Waals surface area contributed by atoms with Crippen molar-refractivity contribution in [2.75, 3.05) is 0 Å². The minimum atomic E-state index is -2.40. The van der Waals surface area contributed by atoms with Crippen LogP contribution in [0.4, 0.5) is 5.69 Å². The molecule has 0 aliphatic heterocycles. The Morgan fingerprint density at radius 1 is 0.621 bits per heavy atom. The van der Waals surface area contributed by atoms with Gasteiger partial charge in [-0.1, -0.05) is 97.1 Å². The number of nitriles is 1. The van der Waals surface area contributed by atoms with Crippen LogP contribution in [0.1, 0.15) is 5.56 Å². The zero-order chi connectivity index (χ0) is 20.1. The van der Waals surface area contributed by atoms with Gasteiger partial charge in [0.15, 0.2) is 0 Å². The molecule has 0 N–H and O–H groups in total.